The van der Waals surface area contributed by atoms with E-state index in [0.717, 1.165) is 25.1 Å². The van der Waals surface area contributed by atoms with E-state index in [4.69, 9.17) is 6.42 Å². The number of aryl methyl sites for hydroxylation is 1. The van der Waals surface area contributed by atoms with Crippen LogP contribution in [0.3, 0.4) is 0 Å². The van der Waals surface area contributed by atoms with E-state index in [1.807, 2.05) is 11.8 Å². The molecule has 1 aromatic carbocycles. The zero-order valence-electron chi connectivity index (χ0n) is 10.7. The predicted octanol–water partition coefficient (Wildman–Crippen LogP) is 3.48. The van der Waals surface area contributed by atoms with Gasteiger partial charge >= 0.3 is 0 Å². The standard InChI is InChI=1S/C15H21NS/c1-4-6-14(16-11-5-2)12-17-15-9-7-13(3)8-10-15/h1,7-10,14,16H,5-6,11-12H2,2-3H3. The average molecular weight is 247 g/mol. The van der Waals surface area contributed by atoms with Gasteiger partial charge in [0.15, 0.2) is 0 Å². The first-order valence-electron chi connectivity index (χ1n) is 6.12. The molecule has 0 aliphatic carbocycles. The summed E-state index contributed by atoms with van der Waals surface area (Å²) in [7, 11) is 0. The monoisotopic (exact) mass is 247 g/mol. The van der Waals surface area contributed by atoms with Gasteiger partial charge in [0, 0.05) is 23.1 Å². The Bertz CT molecular complexity index is 350. The lowest BCUT2D eigenvalue weighted by atomic mass is 10.2. The molecule has 0 aromatic heterocycles. The summed E-state index contributed by atoms with van der Waals surface area (Å²) in [6, 6.07) is 9.07. The van der Waals surface area contributed by atoms with Crippen LogP contribution in [-0.2, 0) is 0 Å². The van der Waals surface area contributed by atoms with Crippen LogP contribution in [0.4, 0.5) is 0 Å². The Kier molecular flexibility index (Phi) is 6.84. The first-order chi connectivity index (χ1) is 8.26. The molecule has 1 rings (SSSR count). The number of terminal acetylenes is 1. The summed E-state index contributed by atoms with van der Waals surface area (Å²) >= 11 is 1.87. The van der Waals surface area contributed by atoms with Gasteiger partial charge in [0.2, 0.25) is 0 Å². The van der Waals surface area contributed by atoms with Gasteiger partial charge in [-0.15, -0.1) is 24.1 Å². The van der Waals surface area contributed by atoms with Crippen molar-refractivity contribution in [1.29, 1.82) is 0 Å². The molecule has 0 saturated carbocycles. The Morgan fingerprint density at radius 3 is 2.65 bits per heavy atom. The quantitative estimate of drug-likeness (QED) is 0.585. The first kappa shape index (κ1) is 14.2. The molecule has 0 heterocycles. The lowest BCUT2D eigenvalue weighted by Crippen LogP contribution is -2.31. The minimum Gasteiger partial charge on any atom is -0.312 e. The third-order valence-electron chi connectivity index (χ3n) is 2.52. The van der Waals surface area contributed by atoms with Crippen molar-refractivity contribution in [3.8, 4) is 12.3 Å². The molecule has 0 saturated heterocycles. The Morgan fingerprint density at radius 2 is 2.06 bits per heavy atom. The summed E-state index contributed by atoms with van der Waals surface area (Å²) in [4.78, 5) is 1.32. The second kappa shape index (κ2) is 8.22. The summed E-state index contributed by atoms with van der Waals surface area (Å²) < 4.78 is 0. The molecule has 1 unspecified atom stereocenters. The van der Waals surface area contributed by atoms with Crippen molar-refractivity contribution >= 4 is 11.8 Å². The van der Waals surface area contributed by atoms with Crippen LogP contribution in [0.2, 0.25) is 0 Å². The molecule has 0 radical (unpaired) electrons. The lowest BCUT2D eigenvalue weighted by molar-refractivity contribution is 0.563. The number of rotatable bonds is 7. The molecule has 0 spiro atoms. The number of thioether (sulfide) groups is 1. The molecule has 0 aliphatic rings. The van der Waals surface area contributed by atoms with Crippen molar-refractivity contribution in [3.63, 3.8) is 0 Å². The molecule has 0 aliphatic heterocycles. The van der Waals surface area contributed by atoms with Crippen LogP contribution in [0.1, 0.15) is 25.3 Å². The van der Waals surface area contributed by atoms with Gasteiger partial charge in [0.25, 0.3) is 0 Å². The molecular weight excluding hydrogens is 226 g/mol. The Morgan fingerprint density at radius 1 is 1.35 bits per heavy atom. The molecule has 1 nitrogen and oxygen atoms in total. The summed E-state index contributed by atoms with van der Waals surface area (Å²) in [5.74, 6) is 3.78. The van der Waals surface area contributed by atoms with Gasteiger partial charge in [0.1, 0.15) is 0 Å². The van der Waals surface area contributed by atoms with Crippen LogP contribution < -0.4 is 5.32 Å². The van der Waals surface area contributed by atoms with E-state index >= 15 is 0 Å². The molecule has 2 heteroatoms. The van der Waals surface area contributed by atoms with Crippen LogP contribution in [0.15, 0.2) is 29.2 Å². The maximum Gasteiger partial charge on any atom is 0.0271 e. The maximum absolute atomic E-state index is 5.39. The molecule has 92 valence electrons. The molecule has 1 N–H and O–H groups in total. The van der Waals surface area contributed by atoms with E-state index in [1.165, 1.54) is 10.5 Å². The van der Waals surface area contributed by atoms with E-state index in [9.17, 15) is 0 Å². The minimum absolute atomic E-state index is 0.422. The van der Waals surface area contributed by atoms with Gasteiger partial charge in [-0.1, -0.05) is 24.6 Å². The Hall–Kier alpha value is -0.910. The molecular formula is C15H21NS. The molecule has 0 fully saturated rings. The highest BCUT2D eigenvalue weighted by Gasteiger charge is 2.06. The zero-order valence-corrected chi connectivity index (χ0v) is 11.5. The smallest absolute Gasteiger partial charge is 0.0271 e. The molecule has 1 aromatic rings. The van der Waals surface area contributed by atoms with E-state index in [-0.39, 0.29) is 0 Å². The predicted molar refractivity (Wildman–Crippen MR) is 77.4 cm³/mol. The normalized spacial score (nSPS) is 12.1. The molecule has 0 amide bonds. The zero-order chi connectivity index (χ0) is 12.5. The van der Waals surface area contributed by atoms with Crippen molar-refractivity contribution in [1.82, 2.24) is 5.32 Å². The van der Waals surface area contributed by atoms with Gasteiger partial charge in [-0.3, -0.25) is 0 Å². The maximum atomic E-state index is 5.39. The van der Waals surface area contributed by atoms with Crippen molar-refractivity contribution in [3.05, 3.63) is 29.8 Å². The largest absolute Gasteiger partial charge is 0.312 e. The van der Waals surface area contributed by atoms with Crippen LogP contribution in [0.5, 0.6) is 0 Å². The van der Waals surface area contributed by atoms with Crippen LogP contribution in [0.25, 0.3) is 0 Å². The van der Waals surface area contributed by atoms with Gasteiger partial charge in [0.05, 0.1) is 0 Å². The van der Waals surface area contributed by atoms with Crippen molar-refractivity contribution in [2.45, 2.75) is 37.6 Å². The molecule has 0 bridgehead atoms. The summed E-state index contributed by atoms with van der Waals surface area (Å²) in [5.41, 5.74) is 1.30. The van der Waals surface area contributed by atoms with Crippen molar-refractivity contribution in [2.24, 2.45) is 0 Å². The fraction of sp³-hybridized carbons (Fsp3) is 0.467. The molecule has 17 heavy (non-hydrogen) atoms. The van der Waals surface area contributed by atoms with Crippen LogP contribution >= 0.6 is 11.8 Å². The topological polar surface area (TPSA) is 12.0 Å². The molecule has 1 atom stereocenters. The average Bonchev–Trinajstić information content (AvgIpc) is 2.35. The van der Waals surface area contributed by atoms with E-state index in [0.29, 0.717) is 6.04 Å². The minimum atomic E-state index is 0.422. The Labute approximate surface area is 109 Å². The van der Waals surface area contributed by atoms with Gasteiger partial charge in [-0.25, -0.2) is 0 Å². The number of benzene rings is 1. The first-order valence-corrected chi connectivity index (χ1v) is 7.11. The Balaban J connectivity index is 2.40. The number of hydrogen-bond donors (Lipinski definition) is 1. The van der Waals surface area contributed by atoms with Crippen LogP contribution in [-0.4, -0.2) is 18.3 Å². The third kappa shape index (κ3) is 5.81. The van der Waals surface area contributed by atoms with Crippen LogP contribution in [0, 0.1) is 19.3 Å². The van der Waals surface area contributed by atoms with Gasteiger partial charge < -0.3 is 5.32 Å². The second-order valence-corrected chi connectivity index (χ2v) is 5.28. The van der Waals surface area contributed by atoms with E-state index in [1.54, 1.807) is 0 Å². The lowest BCUT2D eigenvalue weighted by Gasteiger charge is -2.15. The number of nitrogens with one attached hydrogen (secondary N) is 1. The summed E-state index contributed by atoms with van der Waals surface area (Å²) in [6.07, 6.45) is 7.34. The van der Waals surface area contributed by atoms with Crippen molar-refractivity contribution < 1.29 is 0 Å². The highest BCUT2D eigenvalue weighted by Crippen LogP contribution is 2.19. The van der Waals surface area contributed by atoms with E-state index < -0.39 is 0 Å². The summed E-state index contributed by atoms with van der Waals surface area (Å²) in [5, 5.41) is 3.49. The van der Waals surface area contributed by atoms with Gasteiger partial charge in [-0.2, -0.15) is 0 Å². The second-order valence-electron chi connectivity index (χ2n) is 4.18. The van der Waals surface area contributed by atoms with Gasteiger partial charge in [-0.05, 0) is 32.0 Å². The summed E-state index contributed by atoms with van der Waals surface area (Å²) in [6.45, 7) is 5.33. The van der Waals surface area contributed by atoms with Crippen molar-refractivity contribution in [2.75, 3.05) is 12.3 Å². The number of hydrogen-bond acceptors (Lipinski definition) is 2. The van der Waals surface area contributed by atoms with E-state index in [2.05, 4.69) is 49.4 Å². The third-order valence-corrected chi connectivity index (χ3v) is 3.69. The fourth-order valence-electron chi connectivity index (χ4n) is 1.51. The highest BCUT2D eigenvalue weighted by molar-refractivity contribution is 7.99. The fourth-order valence-corrected chi connectivity index (χ4v) is 2.47. The highest BCUT2D eigenvalue weighted by atomic mass is 32.2. The SMILES string of the molecule is C#CCC(CSc1ccc(C)cc1)NCCC.